The quantitative estimate of drug-likeness (QED) is 0.859. The highest BCUT2D eigenvalue weighted by molar-refractivity contribution is 9.10. The summed E-state index contributed by atoms with van der Waals surface area (Å²) in [6, 6.07) is 5.24. The molecule has 0 spiro atoms. The minimum atomic E-state index is -0.886. The molecule has 1 N–H and O–H groups in total. The van der Waals surface area contributed by atoms with E-state index in [0.717, 1.165) is 4.47 Å². The van der Waals surface area contributed by atoms with E-state index in [2.05, 4.69) is 22.5 Å². The fraction of sp³-hybridized carbons (Fsp3) is 0.286. The second-order valence-corrected chi connectivity index (χ2v) is 5.32. The van der Waals surface area contributed by atoms with Crippen LogP contribution in [0.15, 0.2) is 35.3 Å². The molecule has 106 valence electrons. The third-order valence-corrected chi connectivity index (χ3v) is 3.63. The van der Waals surface area contributed by atoms with Crippen LogP contribution >= 0.6 is 15.9 Å². The number of aliphatic carboxylic acids is 1. The number of amides is 1. The van der Waals surface area contributed by atoms with Gasteiger partial charge in [-0.25, -0.2) is 4.79 Å². The molecule has 0 radical (unpaired) electrons. The van der Waals surface area contributed by atoms with E-state index in [4.69, 9.17) is 4.74 Å². The maximum Gasteiger partial charge on any atom is 0.414 e. The highest BCUT2D eigenvalue weighted by atomic mass is 79.9. The highest BCUT2D eigenvalue weighted by Gasteiger charge is 2.33. The smallest absolute Gasteiger partial charge is 0.414 e. The van der Waals surface area contributed by atoms with Gasteiger partial charge in [-0.05, 0) is 30.2 Å². The van der Waals surface area contributed by atoms with E-state index in [-0.39, 0.29) is 6.61 Å². The Kier molecular flexibility index (Phi) is 4.44. The lowest BCUT2D eigenvalue weighted by molar-refractivity contribution is -0.139. The van der Waals surface area contributed by atoms with E-state index < -0.39 is 18.0 Å². The van der Waals surface area contributed by atoms with Crippen LogP contribution in [0.1, 0.15) is 17.9 Å². The Balaban J connectivity index is 2.36. The Morgan fingerprint density at radius 2 is 2.30 bits per heavy atom. The molecule has 0 bridgehead atoms. The lowest BCUT2D eigenvalue weighted by Crippen LogP contribution is -2.38. The molecule has 1 heterocycles. The zero-order chi connectivity index (χ0) is 14.7. The molecule has 0 saturated heterocycles. The van der Waals surface area contributed by atoms with Crippen molar-refractivity contribution >= 4 is 33.7 Å². The number of ether oxygens (including phenoxy) is 1. The summed E-state index contributed by atoms with van der Waals surface area (Å²) in [6.45, 7) is 3.94. The van der Waals surface area contributed by atoms with Crippen LogP contribution < -0.4 is 4.90 Å². The Morgan fingerprint density at radius 1 is 1.55 bits per heavy atom. The summed E-state index contributed by atoms with van der Waals surface area (Å²) in [5.74, 6) is -1.49. The van der Waals surface area contributed by atoms with Crippen molar-refractivity contribution in [3.05, 3.63) is 40.9 Å². The molecule has 1 amide bonds. The number of carboxylic acids is 1. The van der Waals surface area contributed by atoms with E-state index >= 15 is 0 Å². The van der Waals surface area contributed by atoms with Crippen molar-refractivity contribution in [3.63, 3.8) is 0 Å². The van der Waals surface area contributed by atoms with Gasteiger partial charge in [0.25, 0.3) is 0 Å². The van der Waals surface area contributed by atoms with Crippen LogP contribution in [0, 0.1) is 0 Å². The summed E-state index contributed by atoms with van der Waals surface area (Å²) in [4.78, 5) is 24.8. The fourth-order valence-corrected chi connectivity index (χ4v) is 2.62. The minimum absolute atomic E-state index is 0.129. The summed E-state index contributed by atoms with van der Waals surface area (Å²) in [5, 5.41) is 9.28. The molecule has 1 atom stereocenters. The summed E-state index contributed by atoms with van der Waals surface area (Å²) in [6.07, 6.45) is 1.36. The number of anilines is 1. The first-order valence-corrected chi connectivity index (χ1v) is 6.91. The monoisotopic (exact) mass is 339 g/mol. The molecule has 1 aromatic carbocycles. The Labute approximate surface area is 125 Å². The average molecular weight is 340 g/mol. The second-order valence-electron chi connectivity index (χ2n) is 4.40. The molecule has 1 aliphatic rings. The van der Waals surface area contributed by atoms with E-state index in [1.807, 2.05) is 0 Å². The topological polar surface area (TPSA) is 66.8 Å². The zero-order valence-corrected chi connectivity index (χ0v) is 12.3. The van der Waals surface area contributed by atoms with E-state index in [1.165, 1.54) is 11.0 Å². The van der Waals surface area contributed by atoms with E-state index in [9.17, 15) is 14.7 Å². The number of fused-ring (bicyclic) bond motifs is 1. The number of nitrogens with zero attached hydrogens (tertiary/aromatic N) is 1. The first-order valence-electron chi connectivity index (χ1n) is 6.12. The molecule has 0 aromatic heterocycles. The maximum absolute atomic E-state index is 12.0. The number of halogens is 1. The number of hydrogen-bond donors (Lipinski definition) is 1. The molecular formula is C14H14BrNO4. The number of carboxylic acid groups (broad SMARTS) is 1. The number of carbonyl (C=O) groups excluding carboxylic acids is 1. The Hall–Kier alpha value is -1.82. The molecule has 0 saturated carbocycles. The van der Waals surface area contributed by atoms with Crippen molar-refractivity contribution in [1.29, 1.82) is 0 Å². The van der Waals surface area contributed by atoms with Gasteiger partial charge in [0.05, 0.1) is 11.6 Å². The molecule has 0 aliphatic carbocycles. The number of benzene rings is 1. The largest absolute Gasteiger partial charge is 0.481 e. The van der Waals surface area contributed by atoms with Gasteiger partial charge >= 0.3 is 12.1 Å². The SMILES string of the molecule is C=CCOC(=O)N1CCC(C(=O)O)c2cc(Br)ccc21. The van der Waals surface area contributed by atoms with Crippen LogP contribution in [0.4, 0.5) is 10.5 Å². The summed E-state index contributed by atoms with van der Waals surface area (Å²) in [5.41, 5.74) is 1.20. The van der Waals surface area contributed by atoms with Gasteiger partial charge in [0.1, 0.15) is 6.61 Å². The van der Waals surface area contributed by atoms with Crippen molar-refractivity contribution in [2.45, 2.75) is 12.3 Å². The standard InChI is InChI=1S/C14H14BrNO4/c1-2-7-20-14(19)16-6-5-10(13(17)18)11-8-9(15)3-4-12(11)16/h2-4,8,10H,1,5-7H2,(H,17,18). The fourth-order valence-electron chi connectivity index (χ4n) is 2.24. The molecule has 1 unspecified atom stereocenters. The summed E-state index contributed by atoms with van der Waals surface area (Å²) < 4.78 is 5.80. The van der Waals surface area contributed by atoms with Crippen LogP contribution in [0.25, 0.3) is 0 Å². The number of hydrogen-bond acceptors (Lipinski definition) is 3. The third-order valence-electron chi connectivity index (χ3n) is 3.14. The normalized spacial score (nSPS) is 17.2. The molecule has 1 aliphatic heterocycles. The van der Waals surface area contributed by atoms with Crippen LogP contribution in [0.3, 0.4) is 0 Å². The van der Waals surface area contributed by atoms with E-state index in [0.29, 0.717) is 24.2 Å². The molecule has 2 rings (SSSR count). The predicted molar refractivity (Wildman–Crippen MR) is 78.0 cm³/mol. The molecule has 0 fully saturated rings. The predicted octanol–water partition coefficient (Wildman–Crippen LogP) is 3.15. The van der Waals surface area contributed by atoms with Crippen molar-refractivity contribution in [3.8, 4) is 0 Å². The molecule has 20 heavy (non-hydrogen) atoms. The molecular weight excluding hydrogens is 326 g/mol. The van der Waals surface area contributed by atoms with Gasteiger partial charge in [0.15, 0.2) is 0 Å². The van der Waals surface area contributed by atoms with Gasteiger partial charge in [-0.2, -0.15) is 0 Å². The molecule has 6 heteroatoms. The van der Waals surface area contributed by atoms with Crippen molar-refractivity contribution in [2.24, 2.45) is 0 Å². The van der Waals surface area contributed by atoms with Crippen molar-refractivity contribution in [1.82, 2.24) is 0 Å². The number of rotatable bonds is 3. The maximum atomic E-state index is 12.0. The van der Waals surface area contributed by atoms with Crippen molar-refractivity contribution < 1.29 is 19.4 Å². The van der Waals surface area contributed by atoms with Crippen molar-refractivity contribution in [2.75, 3.05) is 18.1 Å². The molecule has 1 aromatic rings. The van der Waals surface area contributed by atoms with Crippen LogP contribution in [-0.4, -0.2) is 30.3 Å². The summed E-state index contributed by atoms with van der Waals surface area (Å²) >= 11 is 3.33. The van der Waals surface area contributed by atoms with Crippen LogP contribution in [-0.2, 0) is 9.53 Å². The van der Waals surface area contributed by atoms with Crippen LogP contribution in [0.5, 0.6) is 0 Å². The van der Waals surface area contributed by atoms with Gasteiger partial charge < -0.3 is 9.84 Å². The zero-order valence-electron chi connectivity index (χ0n) is 10.7. The van der Waals surface area contributed by atoms with Gasteiger partial charge in [-0.3, -0.25) is 9.69 Å². The minimum Gasteiger partial charge on any atom is -0.481 e. The lowest BCUT2D eigenvalue weighted by atomic mass is 9.90. The second kappa shape index (κ2) is 6.09. The van der Waals surface area contributed by atoms with E-state index in [1.54, 1.807) is 18.2 Å². The number of carbonyl (C=O) groups is 2. The van der Waals surface area contributed by atoms with Gasteiger partial charge in [-0.15, -0.1) is 0 Å². The highest BCUT2D eigenvalue weighted by Crippen LogP contribution is 2.37. The third kappa shape index (κ3) is 2.85. The van der Waals surface area contributed by atoms with Gasteiger partial charge in [0, 0.05) is 11.0 Å². The Bertz CT molecular complexity index is 558. The Morgan fingerprint density at radius 3 is 2.95 bits per heavy atom. The van der Waals surface area contributed by atoms with Gasteiger partial charge in [-0.1, -0.05) is 28.6 Å². The van der Waals surface area contributed by atoms with Crippen LogP contribution in [0.2, 0.25) is 0 Å². The first kappa shape index (κ1) is 14.6. The lowest BCUT2D eigenvalue weighted by Gasteiger charge is -2.32. The summed E-state index contributed by atoms with van der Waals surface area (Å²) in [7, 11) is 0. The molecule has 5 nitrogen and oxygen atoms in total. The van der Waals surface area contributed by atoms with Gasteiger partial charge in [0.2, 0.25) is 0 Å². The first-order chi connectivity index (χ1) is 9.54. The average Bonchev–Trinajstić information content (AvgIpc) is 2.42.